The first-order valence-electron chi connectivity index (χ1n) is 4.12. The second kappa shape index (κ2) is 3.72. The van der Waals surface area contributed by atoms with Crippen molar-refractivity contribution in [3.63, 3.8) is 0 Å². The van der Waals surface area contributed by atoms with Crippen LogP contribution in [0.3, 0.4) is 0 Å². The van der Waals surface area contributed by atoms with Crippen molar-refractivity contribution in [2.24, 2.45) is 11.8 Å². The minimum Gasteiger partial charge on any atom is -0.465 e. The lowest BCUT2D eigenvalue weighted by molar-refractivity contribution is -0.166. The molecule has 3 atom stereocenters. The highest BCUT2D eigenvalue weighted by molar-refractivity contribution is 5.74. The molecule has 0 aromatic rings. The van der Waals surface area contributed by atoms with Gasteiger partial charge in [-0.05, 0) is 6.42 Å². The van der Waals surface area contributed by atoms with Crippen LogP contribution in [0, 0.1) is 11.8 Å². The molecule has 12 heavy (non-hydrogen) atoms. The van der Waals surface area contributed by atoms with Crippen molar-refractivity contribution in [2.75, 3.05) is 6.61 Å². The molecule has 0 aliphatic carbocycles. The van der Waals surface area contributed by atoms with Crippen LogP contribution in [0.4, 0.5) is 0 Å². The molecule has 0 aromatic carbocycles. The standard InChI is InChI=1S/C9H14O3/c1-3-4-7-8(10)6(2)5-12-9(7)11/h3,6-8,10H,1,4-5H2,2H3. The van der Waals surface area contributed by atoms with E-state index in [-0.39, 0.29) is 11.9 Å². The van der Waals surface area contributed by atoms with Crippen molar-refractivity contribution in [3.8, 4) is 0 Å². The van der Waals surface area contributed by atoms with Crippen molar-refractivity contribution in [1.82, 2.24) is 0 Å². The summed E-state index contributed by atoms with van der Waals surface area (Å²) in [6.07, 6.45) is 1.54. The smallest absolute Gasteiger partial charge is 0.311 e. The molecule has 0 spiro atoms. The molecular weight excluding hydrogens is 156 g/mol. The Balaban J connectivity index is 2.64. The molecule has 3 nitrogen and oxygen atoms in total. The van der Waals surface area contributed by atoms with E-state index in [1.54, 1.807) is 6.08 Å². The zero-order valence-corrected chi connectivity index (χ0v) is 7.19. The Morgan fingerprint density at radius 2 is 2.50 bits per heavy atom. The first kappa shape index (κ1) is 9.26. The quantitative estimate of drug-likeness (QED) is 0.491. The van der Waals surface area contributed by atoms with E-state index in [1.807, 2.05) is 6.92 Å². The molecule has 3 unspecified atom stereocenters. The molecule has 0 aromatic heterocycles. The lowest BCUT2D eigenvalue weighted by atomic mass is 9.88. The number of ether oxygens (including phenoxy) is 1. The molecule has 1 saturated heterocycles. The van der Waals surface area contributed by atoms with Gasteiger partial charge in [0, 0.05) is 5.92 Å². The average molecular weight is 170 g/mol. The molecule has 1 N–H and O–H groups in total. The number of carbonyl (C=O) groups excluding carboxylic acids is 1. The second-order valence-corrected chi connectivity index (χ2v) is 3.23. The van der Waals surface area contributed by atoms with E-state index in [1.165, 1.54) is 0 Å². The van der Waals surface area contributed by atoms with Crippen LogP contribution in [0.1, 0.15) is 13.3 Å². The van der Waals surface area contributed by atoms with Crippen LogP contribution in [0.25, 0.3) is 0 Å². The summed E-state index contributed by atoms with van der Waals surface area (Å²) in [5.74, 6) is -0.681. The van der Waals surface area contributed by atoms with Gasteiger partial charge in [-0.1, -0.05) is 13.0 Å². The number of carbonyl (C=O) groups is 1. The molecule has 0 bridgehead atoms. The summed E-state index contributed by atoms with van der Waals surface area (Å²) >= 11 is 0. The van der Waals surface area contributed by atoms with Crippen molar-refractivity contribution in [2.45, 2.75) is 19.4 Å². The van der Waals surface area contributed by atoms with E-state index in [9.17, 15) is 9.90 Å². The van der Waals surface area contributed by atoms with Crippen molar-refractivity contribution >= 4 is 5.97 Å². The normalized spacial score (nSPS) is 35.8. The van der Waals surface area contributed by atoms with Gasteiger partial charge in [0.15, 0.2) is 0 Å². The molecule has 0 saturated carbocycles. The van der Waals surface area contributed by atoms with Crippen LogP contribution in [-0.4, -0.2) is 23.8 Å². The molecule has 1 heterocycles. The monoisotopic (exact) mass is 170 g/mol. The Bertz CT molecular complexity index is 188. The Kier molecular flexibility index (Phi) is 2.87. The summed E-state index contributed by atoms with van der Waals surface area (Å²) < 4.78 is 4.88. The molecule has 1 rings (SSSR count). The van der Waals surface area contributed by atoms with Gasteiger partial charge in [-0.25, -0.2) is 0 Å². The van der Waals surface area contributed by atoms with E-state index >= 15 is 0 Å². The molecular formula is C9H14O3. The van der Waals surface area contributed by atoms with Gasteiger partial charge in [0.2, 0.25) is 0 Å². The van der Waals surface area contributed by atoms with Gasteiger partial charge in [-0.3, -0.25) is 4.79 Å². The van der Waals surface area contributed by atoms with Crippen LogP contribution in [0.2, 0.25) is 0 Å². The largest absolute Gasteiger partial charge is 0.465 e. The number of hydrogen-bond acceptors (Lipinski definition) is 3. The fourth-order valence-electron chi connectivity index (χ4n) is 1.37. The number of rotatable bonds is 2. The third kappa shape index (κ3) is 1.67. The van der Waals surface area contributed by atoms with Gasteiger partial charge < -0.3 is 9.84 Å². The van der Waals surface area contributed by atoms with Gasteiger partial charge in [0.05, 0.1) is 18.6 Å². The number of aliphatic hydroxyl groups excluding tert-OH is 1. The highest BCUT2D eigenvalue weighted by atomic mass is 16.5. The Labute approximate surface area is 72.0 Å². The number of allylic oxidation sites excluding steroid dienone is 1. The lowest BCUT2D eigenvalue weighted by Crippen LogP contribution is -2.41. The fourth-order valence-corrected chi connectivity index (χ4v) is 1.37. The van der Waals surface area contributed by atoms with Gasteiger partial charge in [0.25, 0.3) is 0 Å². The SMILES string of the molecule is C=CCC1C(=O)OCC(C)C1O. The van der Waals surface area contributed by atoms with Gasteiger partial charge in [0.1, 0.15) is 0 Å². The molecule has 1 aliphatic rings. The van der Waals surface area contributed by atoms with E-state index < -0.39 is 12.0 Å². The van der Waals surface area contributed by atoms with Crippen LogP contribution >= 0.6 is 0 Å². The lowest BCUT2D eigenvalue weighted by Gasteiger charge is -2.30. The minimum absolute atomic E-state index is 0.0349. The second-order valence-electron chi connectivity index (χ2n) is 3.23. The summed E-state index contributed by atoms with van der Waals surface area (Å²) in [7, 11) is 0. The van der Waals surface area contributed by atoms with Gasteiger partial charge in [-0.15, -0.1) is 6.58 Å². The maximum Gasteiger partial charge on any atom is 0.311 e. The molecule has 0 radical (unpaired) electrons. The third-order valence-electron chi connectivity index (χ3n) is 2.21. The summed E-state index contributed by atoms with van der Waals surface area (Å²) in [6, 6.07) is 0. The number of cyclic esters (lactones) is 1. The van der Waals surface area contributed by atoms with Crippen LogP contribution in [-0.2, 0) is 9.53 Å². The Hall–Kier alpha value is -0.830. The maximum atomic E-state index is 11.1. The number of esters is 1. The van der Waals surface area contributed by atoms with E-state index in [4.69, 9.17) is 4.74 Å². The molecule has 3 heteroatoms. The summed E-state index contributed by atoms with van der Waals surface area (Å²) in [5.41, 5.74) is 0. The van der Waals surface area contributed by atoms with E-state index in [0.29, 0.717) is 13.0 Å². The van der Waals surface area contributed by atoms with Crippen molar-refractivity contribution < 1.29 is 14.6 Å². The number of aliphatic hydroxyl groups is 1. The van der Waals surface area contributed by atoms with Crippen molar-refractivity contribution in [1.29, 1.82) is 0 Å². The topological polar surface area (TPSA) is 46.5 Å². The van der Waals surface area contributed by atoms with E-state index in [0.717, 1.165) is 0 Å². The van der Waals surface area contributed by atoms with Gasteiger partial charge in [-0.2, -0.15) is 0 Å². The van der Waals surface area contributed by atoms with E-state index in [2.05, 4.69) is 6.58 Å². The molecule has 0 amide bonds. The average Bonchev–Trinajstić information content (AvgIpc) is 2.06. The molecule has 68 valence electrons. The highest BCUT2D eigenvalue weighted by Gasteiger charge is 2.35. The number of hydrogen-bond donors (Lipinski definition) is 1. The Morgan fingerprint density at radius 1 is 1.83 bits per heavy atom. The predicted octanol–water partition coefficient (Wildman–Crippen LogP) is 0.732. The van der Waals surface area contributed by atoms with Crippen molar-refractivity contribution in [3.05, 3.63) is 12.7 Å². The molecule has 1 fully saturated rings. The summed E-state index contributed by atoms with van der Waals surface area (Å²) in [4.78, 5) is 11.1. The zero-order valence-electron chi connectivity index (χ0n) is 7.19. The first-order valence-corrected chi connectivity index (χ1v) is 4.12. The predicted molar refractivity (Wildman–Crippen MR) is 44.4 cm³/mol. The van der Waals surface area contributed by atoms with Gasteiger partial charge >= 0.3 is 5.97 Å². The summed E-state index contributed by atoms with van der Waals surface area (Å²) in [6.45, 7) is 5.73. The highest BCUT2D eigenvalue weighted by Crippen LogP contribution is 2.23. The fraction of sp³-hybridized carbons (Fsp3) is 0.667. The molecule has 1 aliphatic heterocycles. The zero-order chi connectivity index (χ0) is 9.14. The third-order valence-corrected chi connectivity index (χ3v) is 2.21. The van der Waals surface area contributed by atoms with Crippen LogP contribution < -0.4 is 0 Å². The van der Waals surface area contributed by atoms with Crippen LogP contribution in [0.15, 0.2) is 12.7 Å². The maximum absolute atomic E-state index is 11.1. The Morgan fingerprint density at radius 3 is 3.08 bits per heavy atom. The first-order chi connectivity index (χ1) is 5.66. The minimum atomic E-state index is -0.579. The summed E-state index contributed by atoms with van der Waals surface area (Å²) in [5, 5.41) is 9.59. The van der Waals surface area contributed by atoms with Crippen LogP contribution in [0.5, 0.6) is 0 Å².